The molecule has 0 heterocycles. The molecule has 0 fully saturated rings. The highest BCUT2D eigenvalue weighted by Crippen LogP contribution is 2.29. The largest absolute Gasteiger partial charge is 0.497 e. The Labute approximate surface area is 156 Å². The fourth-order valence-corrected chi connectivity index (χ4v) is 2.20. The number of benzene rings is 2. The Balaban J connectivity index is 2.22. The number of amides is 1. The molecule has 138 valence electrons. The molecule has 0 saturated carbocycles. The maximum Gasteiger partial charge on any atom is 0.308 e. The first-order chi connectivity index (χ1) is 13.0. The average Bonchev–Trinajstić information content (AvgIpc) is 2.67. The molecule has 0 aromatic heterocycles. The number of methoxy groups -OCH3 is 2. The normalized spacial score (nSPS) is 10.5. The Kier molecular flexibility index (Phi) is 6.55. The predicted octanol–water partition coefficient (Wildman–Crippen LogP) is 3.17. The molecular weight excluding hydrogens is 348 g/mol. The molecule has 0 aliphatic heterocycles. The maximum atomic E-state index is 12.3. The first-order valence-electron chi connectivity index (χ1n) is 7.90. The van der Waals surface area contributed by atoms with Crippen LogP contribution < -0.4 is 19.5 Å². The number of anilines is 1. The van der Waals surface area contributed by atoms with Crippen LogP contribution in [-0.4, -0.2) is 26.1 Å². The maximum absolute atomic E-state index is 12.3. The number of carbonyl (C=O) groups excluding carboxylic acids is 2. The van der Waals surface area contributed by atoms with Crippen LogP contribution in [0.5, 0.6) is 17.2 Å². The van der Waals surface area contributed by atoms with E-state index in [4.69, 9.17) is 14.2 Å². The van der Waals surface area contributed by atoms with Crippen LogP contribution in [0.4, 0.5) is 5.69 Å². The molecule has 7 heteroatoms. The second kappa shape index (κ2) is 9.06. The van der Waals surface area contributed by atoms with Crippen molar-refractivity contribution in [2.75, 3.05) is 19.5 Å². The zero-order valence-corrected chi connectivity index (χ0v) is 15.1. The number of nitrogens with zero attached hydrogens (tertiary/aromatic N) is 1. The van der Waals surface area contributed by atoms with E-state index in [1.54, 1.807) is 43.5 Å². The molecule has 0 saturated heterocycles. The minimum Gasteiger partial charge on any atom is -0.497 e. The molecule has 0 unspecified atom stereocenters. The second-order valence-corrected chi connectivity index (χ2v) is 5.36. The third-order valence-corrected chi connectivity index (χ3v) is 3.47. The molecule has 0 aliphatic carbocycles. The van der Waals surface area contributed by atoms with Gasteiger partial charge in [0.1, 0.15) is 17.4 Å². The lowest BCUT2D eigenvalue weighted by atomic mass is 10.1. The SMILES string of the molecule is COc1ccc(NC(=O)/C(C#N)=C\c2ccc(OC(C)=O)c(OC)c2)cc1. The summed E-state index contributed by atoms with van der Waals surface area (Å²) in [5.41, 5.74) is 0.988. The summed E-state index contributed by atoms with van der Waals surface area (Å²) in [6.45, 7) is 1.28. The van der Waals surface area contributed by atoms with Gasteiger partial charge in [-0.25, -0.2) is 0 Å². The van der Waals surface area contributed by atoms with Crippen LogP contribution in [0.1, 0.15) is 12.5 Å². The van der Waals surface area contributed by atoms with E-state index in [0.717, 1.165) is 0 Å². The van der Waals surface area contributed by atoms with Crippen LogP contribution in [0.3, 0.4) is 0 Å². The van der Waals surface area contributed by atoms with Gasteiger partial charge in [-0.05, 0) is 48.0 Å². The Bertz CT molecular complexity index is 911. The first-order valence-corrected chi connectivity index (χ1v) is 7.90. The van der Waals surface area contributed by atoms with E-state index < -0.39 is 11.9 Å². The van der Waals surface area contributed by atoms with E-state index >= 15 is 0 Å². The van der Waals surface area contributed by atoms with E-state index in [0.29, 0.717) is 22.7 Å². The number of esters is 1. The van der Waals surface area contributed by atoms with Crippen molar-refractivity contribution in [3.63, 3.8) is 0 Å². The molecule has 0 radical (unpaired) electrons. The van der Waals surface area contributed by atoms with E-state index in [9.17, 15) is 14.9 Å². The quantitative estimate of drug-likeness (QED) is 0.365. The van der Waals surface area contributed by atoms with E-state index in [-0.39, 0.29) is 11.3 Å². The highest BCUT2D eigenvalue weighted by atomic mass is 16.6. The number of hydrogen-bond acceptors (Lipinski definition) is 6. The Morgan fingerprint density at radius 1 is 1.04 bits per heavy atom. The van der Waals surface area contributed by atoms with Gasteiger partial charge in [-0.2, -0.15) is 5.26 Å². The smallest absolute Gasteiger partial charge is 0.308 e. The molecule has 2 rings (SSSR count). The van der Waals surface area contributed by atoms with Crippen LogP contribution in [0, 0.1) is 11.3 Å². The molecule has 2 aromatic carbocycles. The third-order valence-electron chi connectivity index (χ3n) is 3.47. The third kappa shape index (κ3) is 5.34. The van der Waals surface area contributed by atoms with Crippen molar-refractivity contribution >= 4 is 23.6 Å². The highest BCUT2D eigenvalue weighted by Gasteiger charge is 2.12. The van der Waals surface area contributed by atoms with Crippen LogP contribution >= 0.6 is 0 Å². The summed E-state index contributed by atoms with van der Waals surface area (Å²) in [5.74, 6) is 0.193. The van der Waals surface area contributed by atoms with Gasteiger partial charge in [-0.3, -0.25) is 9.59 Å². The van der Waals surface area contributed by atoms with Gasteiger partial charge in [0, 0.05) is 12.6 Å². The fraction of sp³-hybridized carbons (Fsp3) is 0.150. The first kappa shape index (κ1) is 19.5. The molecule has 27 heavy (non-hydrogen) atoms. The van der Waals surface area contributed by atoms with Crippen LogP contribution in [0.25, 0.3) is 6.08 Å². The van der Waals surface area contributed by atoms with Gasteiger partial charge in [-0.15, -0.1) is 0 Å². The van der Waals surface area contributed by atoms with Gasteiger partial charge in [0.15, 0.2) is 11.5 Å². The lowest BCUT2D eigenvalue weighted by molar-refractivity contribution is -0.132. The lowest BCUT2D eigenvalue weighted by Gasteiger charge is -2.09. The molecule has 0 atom stereocenters. The fourth-order valence-electron chi connectivity index (χ4n) is 2.20. The predicted molar refractivity (Wildman–Crippen MR) is 99.5 cm³/mol. The van der Waals surface area contributed by atoms with Gasteiger partial charge in [0.2, 0.25) is 0 Å². The number of nitriles is 1. The van der Waals surface area contributed by atoms with Gasteiger partial charge in [0.05, 0.1) is 14.2 Å². The minimum absolute atomic E-state index is 0.0897. The Morgan fingerprint density at radius 2 is 1.74 bits per heavy atom. The van der Waals surface area contributed by atoms with Gasteiger partial charge in [-0.1, -0.05) is 6.07 Å². The van der Waals surface area contributed by atoms with Crippen LogP contribution in [-0.2, 0) is 9.59 Å². The van der Waals surface area contributed by atoms with Crippen molar-refractivity contribution in [2.45, 2.75) is 6.92 Å². The zero-order chi connectivity index (χ0) is 19.8. The summed E-state index contributed by atoms with van der Waals surface area (Å²) in [7, 11) is 2.97. The van der Waals surface area contributed by atoms with Gasteiger partial charge in [0.25, 0.3) is 5.91 Å². The second-order valence-electron chi connectivity index (χ2n) is 5.36. The molecule has 2 aromatic rings. The van der Waals surface area contributed by atoms with E-state index in [1.165, 1.54) is 26.2 Å². The average molecular weight is 366 g/mol. The number of rotatable bonds is 6. The number of ether oxygens (including phenoxy) is 3. The molecule has 0 spiro atoms. The monoisotopic (exact) mass is 366 g/mol. The van der Waals surface area contributed by atoms with E-state index in [2.05, 4.69) is 5.32 Å². The number of nitrogens with one attached hydrogen (secondary N) is 1. The van der Waals surface area contributed by atoms with Crippen molar-refractivity contribution in [3.8, 4) is 23.3 Å². The number of carbonyl (C=O) groups is 2. The molecule has 7 nitrogen and oxygen atoms in total. The Morgan fingerprint density at radius 3 is 2.30 bits per heavy atom. The van der Waals surface area contributed by atoms with Crippen molar-refractivity contribution in [1.82, 2.24) is 0 Å². The molecular formula is C20H18N2O5. The van der Waals surface area contributed by atoms with Crippen molar-refractivity contribution < 1.29 is 23.8 Å². The zero-order valence-electron chi connectivity index (χ0n) is 15.1. The van der Waals surface area contributed by atoms with Gasteiger partial charge >= 0.3 is 5.97 Å². The molecule has 1 N–H and O–H groups in total. The minimum atomic E-state index is -0.550. The van der Waals surface area contributed by atoms with Crippen molar-refractivity contribution in [2.24, 2.45) is 0 Å². The molecule has 0 bridgehead atoms. The summed E-state index contributed by atoms with van der Waals surface area (Å²) in [6.07, 6.45) is 1.42. The Hall–Kier alpha value is -3.79. The van der Waals surface area contributed by atoms with Crippen LogP contribution in [0.2, 0.25) is 0 Å². The standard InChI is InChI=1S/C20H18N2O5/c1-13(23)27-18-9-4-14(11-19(18)26-3)10-15(12-21)20(24)22-16-5-7-17(25-2)8-6-16/h4-11H,1-3H3,(H,22,24)/b15-10-. The van der Waals surface area contributed by atoms with E-state index in [1.807, 2.05) is 6.07 Å². The summed E-state index contributed by atoms with van der Waals surface area (Å²) in [5, 5.41) is 12.0. The summed E-state index contributed by atoms with van der Waals surface area (Å²) >= 11 is 0. The van der Waals surface area contributed by atoms with Gasteiger partial charge < -0.3 is 19.5 Å². The van der Waals surface area contributed by atoms with Crippen molar-refractivity contribution in [3.05, 3.63) is 53.6 Å². The molecule has 1 amide bonds. The topological polar surface area (TPSA) is 97.6 Å². The summed E-state index contributed by atoms with van der Waals surface area (Å²) < 4.78 is 15.3. The highest BCUT2D eigenvalue weighted by molar-refractivity contribution is 6.09. The van der Waals surface area contributed by atoms with Crippen molar-refractivity contribution in [1.29, 1.82) is 5.26 Å². The molecule has 0 aliphatic rings. The lowest BCUT2D eigenvalue weighted by Crippen LogP contribution is -2.13. The summed E-state index contributed by atoms with van der Waals surface area (Å²) in [4.78, 5) is 23.4. The number of hydrogen-bond donors (Lipinski definition) is 1. The summed E-state index contributed by atoms with van der Waals surface area (Å²) in [6, 6.07) is 13.3. The van der Waals surface area contributed by atoms with Crippen LogP contribution in [0.15, 0.2) is 48.0 Å².